The maximum atomic E-state index is 11.9. The molecule has 0 aliphatic heterocycles. The Labute approximate surface area is 102 Å². The van der Waals surface area contributed by atoms with Crippen LogP contribution in [0.15, 0.2) is 12.2 Å². The average Bonchev–Trinajstić information content (AvgIpc) is 2.29. The minimum Gasteiger partial charge on any atom is -0.481 e. The molecule has 0 aromatic rings. The summed E-state index contributed by atoms with van der Waals surface area (Å²) in [6.45, 7) is 1.99. The van der Waals surface area contributed by atoms with Gasteiger partial charge in [0.05, 0.1) is 6.42 Å². The Morgan fingerprint density at radius 1 is 1.47 bits per heavy atom. The van der Waals surface area contributed by atoms with E-state index in [-0.39, 0.29) is 24.3 Å². The number of rotatable bonds is 6. The van der Waals surface area contributed by atoms with Crippen molar-refractivity contribution < 1.29 is 14.7 Å². The molecule has 2 N–H and O–H groups in total. The maximum absolute atomic E-state index is 11.9. The molecule has 0 fully saturated rings. The first-order valence-electron chi connectivity index (χ1n) is 6.30. The summed E-state index contributed by atoms with van der Waals surface area (Å²) in [4.78, 5) is 22.6. The Morgan fingerprint density at radius 2 is 2.24 bits per heavy atom. The van der Waals surface area contributed by atoms with Crippen LogP contribution in [0.25, 0.3) is 0 Å². The third-order valence-corrected chi connectivity index (χ3v) is 3.04. The highest BCUT2D eigenvalue weighted by molar-refractivity contribution is 5.80. The van der Waals surface area contributed by atoms with E-state index in [0.29, 0.717) is 0 Å². The summed E-state index contributed by atoms with van der Waals surface area (Å²) in [5, 5.41) is 11.6. The zero-order valence-electron chi connectivity index (χ0n) is 10.3. The van der Waals surface area contributed by atoms with E-state index in [1.54, 1.807) is 0 Å². The Balaban J connectivity index is 2.44. The maximum Gasteiger partial charge on any atom is 0.305 e. The van der Waals surface area contributed by atoms with E-state index in [9.17, 15) is 9.59 Å². The number of aliphatic carboxylic acids is 1. The zero-order valence-corrected chi connectivity index (χ0v) is 10.3. The molecule has 0 saturated heterocycles. The molecule has 1 aliphatic carbocycles. The molecule has 0 saturated carbocycles. The van der Waals surface area contributed by atoms with Crippen LogP contribution in [-0.4, -0.2) is 23.0 Å². The van der Waals surface area contributed by atoms with Crippen LogP contribution >= 0.6 is 0 Å². The number of amides is 1. The molecule has 96 valence electrons. The Kier molecular flexibility index (Phi) is 5.73. The number of allylic oxidation sites excluding steroid dienone is 2. The first kappa shape index (κ1) is 13.7. The topological polar surface area (TPSA) is 66.4 Å². The molecule has 0 heterocycles. The molecule has 1 amide bonds. The van der Waals surface area contributed by atoms with Crippen LogP contribution in [-0.2, 0) is 9.59 Å². The van der Waals surface area contributed by atoms with Gasteiger partial charge < -0.3 is 10.4 Å². The summed E-state index contributed by atoms with van der Waals surface area (Å²) in [5.74, 6) is -0.825. The standard InChI is InChI=1S/C13H21NO3/c1-2-6-11(9-12(15)16)14-13(17)10-7-4-3-5-8-10/h3-4,10-11H,2,5-9H2,1H3,(H,14,17)(H,15,16). The normalized spacial score (nSPS) is 20.9. The zero-order chi connectivity index (χ0) is 12.7. The first-order chi connectivity index (χ1) is 8.13. The molecular formula is C13H21NO3. The van der Waals surface area contributed by atoms with E-state index >= 15 is 0 Å². The van der Waals surface area contributed by atoms with Gasteiger partial charge in [-0.1, -0.05) is 25.5 Å². The summed E-state index contributed by atoms with van der Waals surface area (Å²) in [7, 11) is 0. The van der Waals surface area contributed by atoms with Crippen molar-refractivity contribution in [3.05, 3.63) is 12.2 Å². The highest BCUT2D eigenvalue weighted by Gasteiger charge is 2.22. The van der Waals surface area contributed by atoms with Gasteiger partial charge in [0.25, 0.3) is 0 Å². The summed E-state index contributed by atoms with van der Waals surface area (Å²) < 4.78 is 0. The van der Waals surface area contributed by atoms with Crippen molar-refractivity contribution in [3.63, 3.8) is 0 Å². The van der Waals surface area contributed by atoms with Crippen molar-refractivity contribution in [1.29, 1.82) is 0 Å². The van der Waals surface area contributed by atoms with Crippen molar-refractivity contribution in [2.75, 3.05) is 0 Å². The largest absolute Gasteiger partial charge is 0.481 e. The molecule has 0 bridgehead atoms. The fraction of sp³-hybridized carbons (Fsp3) is 0.692. The lowest BCUT2D eigenvalue weighted by Crippen LogP contribution is -2.40. The number of hydrogen-bond acceptors (Lipinski definition) is 2. The second-order valence-electron chi connectivity index (χ2n) is 4.57. The number of carboxylic acids is 1. The van der Waals surface area contributed by atoms with E-state index in [4.69, 9.17) is 5.11 Å². The first-order valence-corrected chi connectivity index (χ1v) is 6.30. The van der Waals surface area contributed by atoms with Crippen molar-refractivity contribution in [2.45, 2.75) is 51.5 Å². The van der Waals surface area contributed by atoms with Gasteiger partial charge >= 0.3 is 5.97 Å². The summed E-state index contributed by atoms with van der Waals surface area (Å²) in [5.41, 5.74) is 0. The SMILES string of the molecule is CCCC(CC(=O)O)NC(=O)C1CC=CCC1. The Hall–Kier alpha value is -1.32. The number of carboxylic acid groups (broad SMARTS) is 1. The van der Waals surface area contributed by atoms with Crippen LogP contribution in [0.4, 0.5) is 0 Å². The van der Waals surface area contributed by atoms with E-state index in [0.717, 1.165) is 32.1 Å². The second kappa shape index (κ2) is 7.09. The summed E-state index contributed by atoms with van der Waals surface area (Å²) in [6.07, 6.45) is 8.32. The van der Waals surface area contributed by atoms with Crippen molar-refractivity contribution in [2.24, 2.45) is 5.92 Å². The molecule has 17 heavy (non-hydrogen) atoms. The number of hydrogen-bond donors (Lipinski definition) is 2. The van der Waals surface area contributed by atoms with Crippen molar-refractivity contribution in [1.82, 2.24) is 5.32 Å². The molecule has 2 atom stereocenters. The van der Waals surface area contributed by atoms with E-state index in [1.807, 2.05) is 13.0 Å². The third kappa shape index (κ3) is 5.02. The van der Waals surface area contributed by atoms with Crippen LogP contribution in [0.5, 0.6) is 0 Å². The van der Waals surface area contributed by atoms with Gasteiger partial charge in [-0.05, 0) is 25.7 Å². The van der Waals surface area contributed by atoms with Gasteiger partial charge in [-0.2, -0.15) is 0 Å². The smallest absolute Gasteiger partial charge is 0.305 e. The van der Waals surface area contributed by atoms with Crippen LogP contribution < -0.4 is 5.32 Å². The van der Waals surface area contributed by atoms with Gasteiger partial charge in [-0.25, -0.2) is 0 Å². The molecule has 1 aliphatic rings. The molecule has 4 nitrogen and oxygen atoms in total. The van der Waals surface area contributed by atoms with E-state index < -0.39 is 5.97 Å². The monoisotopic (exact) mass is 239 g/mol. The molecule has 1 rings (SSSR count). The Bertz CT molecular complexity index is 299. The molecule has 0 aromatic carbocycles. The number of nitrogens with one attached hydrogen (secondary N) is 1. The van der Waals surface area contributed by atoms with Crippen LogP contribution in [0.1, 0.15) is 45.4 Å². The van der Waals surface area contributed by atoms with Gasteiger partial charge in [-0.3, -0.25) is 9.59 Å². The lowest BCUT2D eigenvalue weighted by atomic mass is 9.93. The predicted octanol–water partition coefficient (Wildman–Crippen LogP) is 2.10. The van der Waals surface area contributed by atoms with Gasteiger partial charge in [0, 0.05) is 12.0 Å². The van der Waals surface area contributed by atoms with Gasteiger partial charge in [0.1, 0.15) is 0 Å². The summed E-state index contributed by atoms with van der Waals surface area (Å²) in [6, 6.07) is -0.226. The fourth-order valence-corrected chi connectivity index (χ4v) is 2.14. The van der Waals surface area contributed by atoms with Gasteiger partial charge in [-0.15, -0.1) is 0 Å². The quantitative estimate of drug-likeness (QED) is 0.697. The molecule has 2 unspecified atom stereocenters. The lowest BCUT2D eigenvalue weighted by molar-refractivity contribution is -0.137. The molecule has 0 radical (unpaired) electrons. The van der Waals surface area contributed by atoms with Crippen molar-refractivity contribution >= 4 is 11.9 Å². The van der Waals surface area contributed by atoms with Crippen molar-refractivity contribution in [3.8, 4) is 0 Å². The number of carbonyl (C=O) groups is 2. The van der Waals surface area contributed by atoms with Crippen LogP contribution in [0.2, 0.25) is 0 Å². The third-order valence-electron chi connectivity index (χ3n) is 3.04. The molecule has 0 spiro atoms. The highest BCUT2D eigenvalue weighted by atomic mass is 16.4. The average molecular weight is 239 g/mol. The number of carbonyl (C=O) groups excluding carboxylic acids is 1. The molecule has 0 aromatic heterocycles. The van der Waals surface area contributed by atoms with Gasteiger partial charge in [0.15, 0.2) is 0 Å². The van der Waals surface area contributed by atoms with Crippen LogP contribution in [0.3, 0.4) is 0 Å². The summed E-state index contributed by atoms with van der Waals surface area (Å²) >= 11 is 0. The molecular weight excluding hydrogens is 218 g/mol. The predicted molar refractivity (Wildman–Crippen MR) is 65.6 cm³/mol. The molecule has 4 heteroatoms. The second-order valence-corrected chi connectivity index (χ2v) is 4.57. The van der Waals surface area contributed by atoms with E-state index in [1.165, 1.54) is 0 Å². The Morgan fingerprint density at radius 3 is 2.76 bits per heavy atom. The van der Waals surface area contributed by atoms with E-state index in [2.05, 4.69) is 11.4 Å². The van der Waals surface area contributed by atoms with Gasteiger partial charge in [0.2, 0.25) is 5.91 Å². The minimum atomic E-state index is -0.854. The fourth-order valence-electron chi connectivity index (χ4n) is 2.14. The minimum absolute atomic E-state index is 0.00838. The highest BCUT2D eigenvalue weighted by Crippen LogP contribution is 2.18. The lowest BCUT2D eigenvalue weighted by Gasteiger charge is -2.22. The van der Waals surface area contributed by atoms with Crippen LogP contribution in [0, 0.1) is 5.92 Å².